The fourth-order valence-electron chi connectivity index (χ4n) is 0.276. The lowest BCUT2D eigenvalue weighted by molar-refractivity contribution is 1.26. The normalized spacial score (nSPS) is 11.5. The first kappa shape index (κ1) is 8.44. The molecule has 0 unspecified atom stereocenters. The molecule has 0 fully saturated rings. The van der Waals surface area contributed by atoms with E-state index in [2.05, 4.69) is 44.5 Å². The van der Waals surface area contributed by atoms with Crippen LogP contribution in [0.25, 0.3) is 0 Å². The van der Waals surface area contributed by atoms with E-state index in [-0.39, 0.29) is 0 Å². The van der Waals surface area contributed by atoms with Crippen LogP contribution in [-0.4, -0.2) is 5.33 Å². The van der Waals surface area contributed by atoms with Crippen LogP contribution in [-0.2, 0) is 0 Å². The molecule has 46 valence electrons. The summed E-state index contributed by atoms with van der Waals surface area (Å²) in [6, 6.07) is 0. The van der Waals surface area contributed by atoms with Gasteiger partial charge in [-0.3, -0.25) is 0 Å². The molecule has 0 aromatic rings. The molecule has 0 radical (unpaired) electrons. The number of hydrogen-bond donors (Lipinski definition) is 0. The smallest absolute Gasteiger partial charge is 0.0129 e. The van der Waals surface area contributed by atoms with Crippen molar-refractivity contribution in [2.75, 3.05) is 5.33 Å². The van der Waals surface area contributed by atoms with Gasteiger partial charge in [0.05, 0.1) is 0 Å². The fourth-order valence-corrected chi connectivity index (χ4v) is 0.734. The van der Waals surface area contributed by atoms with Gasteiger partial charge in [0.25, 0.3) is 0 Å². The third-order valence-corrected chi connectivity index (χ3v) is 1.75. The molecule has 0 spiro atoms. The van der Waals surface area contributed by atoms with Crippen LogP contribution in [0.1, 0.15) is 6.42 Å². The van der Waals surface area contributed by atoms with Gasteiger partial charge in [-0.25, -0.2) is 0 Å². The Morgan fingerprint density at radius 1 is 1.62 bits per heavy atom. The van der Waals surface area contributed by atoms with E-state index in [4.69, 9.17) is 0 Å². The molecule has 0 bridgehead atoms. The highest BCUT2D eigenvalue weighted by atomic mass is 79.9. The number of alkyl halides is 1. The second-order valence-electron chi connectivity index (χ2n) is 1.27. The van der Waals surface area contributed by atoms with Gasteiger partial charge in [0.2, 0.25) is 0 Å². The van der Waals surface area contributed by atoms with Crippen LogP contribution in [0.3, 0.4) is 0 Å². The van der Waals surface area contributed by atoms with Crippen molar-refractivity contribution >= 4 is 31.9 Å². The maximum atomic E-state index is 3.58. The fraction of sp³-hybridized carbons (Fsp3) is 0.333. The second kappa shape index (κ2) is 5.57. The molecular weight excluding hydrogens is 232 g/mol. The van der Waals surface area contributed by atoms with Crippen molar-refractivity contribution in [3.05, 3.63) is 23.2 Å². The van der Waals surface area contributed by atoms with Crippen molar-refractivity contribution in [3.8, 4) is 0 Å². The summed E-state index contributed by atoms with van der Waals surface area (Å²) in [5.41, 5.74) is 0. The number of halogens is 2. The van der Waals surface area contributed by atoms with E-state index >= 15 is 0 Å². The first-order valence-electron chi connectivity index (χ1n) is 2.35. The minimum Gasteiger partial charge on any atom is -0.0980 e. The monoisotopic (exact) mass is 238 g/mol. The summed E-state index contributed by atoms with van der Waals surface area (Å²) in [5.74, 6) is 0. The van der Waals surface area contributed by atoms with E-state index in [0.717, 1.165) is 16.2 Å². The summed E-state index contributed by atoms with van der Waals surface area (Å²) < 4.78 is 1.07. The molecule has 0 aliphatic heterocycles. The summed E-state index contributed by atoms with van der Waals surface area (Å²) in [7, 11) is 0. The summed E-state index contributed by atoms with van der Waals surface area (Å²) >= 11 is 6.61. The minimum atomic E-state index is 1.01. The zero-order valence-electron chi connectivity index (χ0n) is 4.53. The molecule has 0 aromatic carbocycles. The van der Waals surface area contributed by atoms with Crippen molar-refractivity contribution in [3.63, 3.8) is 0 Å². The highest BCUT2D eigenvalue weighted by Gasteiger charge is 1.79. The third-order valence-electron chi connectivity index (χ3n) is 0.643. The van der Waals surface area contributed by atoms with Gasteiger partial charge >= 0.3 is 0 Å². The molecule has 0 aliphatic rings. The zero-order valence-corrected chi connectivity index (χ0v) is 7.70. The lowest BCUT2D eigenvalue weighted by Crippen LogP contribution is -1.66. The Kier molecular flexibility index (Phi) is 5.88. The molecule has 2 heteroatoms. The molecule has 0 amide bonds. The summed E-state index contributed by atoms with van der Waals surface area (Å²) in [5, 5.41) is 1.01. The summed E-state index contributed by atoms with van der Waals surface area (Å²) in [6.07, 6.45) is 4.90. The van der Waals surface area contributed by atoms with Crippen LogP contribution in [0.2, 0.25) is 0 Å². The van der Waals surface area contributed by atoms with Crippen LogP contribution in [0.15, 0.2) is 23.2 Å². The van der Waals surface area contributed by atoms with Gasteiger partial charge < -0.3 is 0 Å². The average Bonchev–Trinajstić information content (AvgIpc) is 1.83. The van der Waals surface area contributed by atoms with E-state index < -0.39 is 0 Å². The van der Waals surface area contributed by atoms with Gasteiger partial charge in [-0.2, -0.15) is 0 Å². The Balaban J connectivity index is 3.40. The summed E-state index contributed by atoms with van der Waals surface area (Å²) in [4.78, 5) is 0. The average molecular weight is 240 g/mol. The molecule has 0 nitrogen and oxygen atoms in total. The molecule has 0 atom stereocenters. The summed E-state index contributed by atoms with van der Waals surface area (Å²) in [6.45, 7) is 3.58. The Morgan fingerprint density at radius 2 is 2.25 bits per heavy atom. The Hall–Kier alpha value is 0.440. The lowest BCUT2D eigenvalue weighted by Gasteiger charge is -1.84. The maximum Gasteiger partial charge on any atom is 0.0129 e. The highest BCUT2D eigenvalue weighted by Crippen LogP contribution is 2.06. The molecule has 0 N–H and O–H groups in total. The SMILES string of the molecule is C=C/C(Br)=C\CCBr. The molecular formula is C6H8Br2. The Labute approximate surface area is 66.9 Å². The molecule has 8 heavy (non-hydrogen) atoms. The molecule has 0 saturated heterocycles. The van der Waals surface area contributed by atoms with Crippen molar-refractivity contribution in [1.82, 2.24) is 0 Å². The lowest BCUT2D eigenvalue weighted by atomic mass is 10.4. The van der Waals surface area contributed by atoms with Crippen molar-refractivity contribution in [2.45, 2.75) is 6.42 Å². The zero-order chi connectivity index (χ0) is 6.41. The van der Waals surface area contributed by atoms with Crippen molar-refractivity contribution in [2.24, 2.45) is 0 Å². The Bertz CT molecular complexity index is 94.7. The number of allylic oxidation sites excluding steroid dienone is 3. The van der Waals surface area contributed by atoms with Crippen molar-refractivity contribution in [1.29, 1.82) is 0 Å². The molecule has 0 saturated carbocycles. The first-order chi connectivity index (χ1) is 3.81. The second-order valence-corrected chi connectivity index (χ2v) is 2.98. The predicted octanol–water partition coefficient (Wildman–Crippen LogP) is 3.24. The van der Waals surface area contributed by atoms with Gasteiger partial charge in [-0.1, -0.05) is 50.6 Å². The first-order valence-corrected chi connectivity index (χ1v) is 4.26. The minimum absolute atomic E-state index is 1.01. The quantitative estimate of drug-likeness (QED) is 0.524. The Morgan fingerprint density at radius 3 is 2.62 bits per heavy atom. The van der Waals surface area contributed by atoms with Crippen LogP contribution < -0.4 is 0 Å². The van der Waals surface area contributed by atoms with Gasteiger partial charge in [0, 0.05) is 9.81 Å². The van der Waals surface area contributed by atoms with E-state index in [1.54, 1.807) is 6.08 Å². The highest BCUT2D eigenvalue weighted by molar-refractivity contribution is 9.11. The predicted molar refractivity (Wildman–Crippen MR) is 45.6 cm³/mol. The largest absolute Gasteiger partial charge is 0.0980 e. The number of rotatable bonds is 3. The van der Waals surface area contributed by atoms with Gasteiger partial charge in [0.15, 0.2) is 0 Å². The van der Waals surface area contributed by atoms with Crippen LogP contribution in [0, 0.1) is 0 Å². The molecule has 0 aliphatic carbocycles. The topological polar surface area (TPSA) is 0 Å². The van der Waals surface area contributed by atoms with Gasteiger partial charge in [0.1, 0.15) is 0 Å². The van der Waals surface area contributed by atoms with E-state index in [0.29, 0.717) is 0 Å². The van der Waals surface area contributed by atoms with E-state index in [9.17, 15) is 0 Å². The van der Waals surface area contributed by atoms with E-state index in [1.165, 1.54) is 0 Å². The standard InChI is InChI=1S/C6H8Br2/c1-2-6(8)4-3-5-7/h2,4H,1,3,5H2/b6-4+. The van der Waals surface area contributed by atoms with Crippen LogP contribution >= 0.6 is 31.9 Å². The number of hydrogen-bond acceptors (Lipinski definition) is 0. The molecule has 0 aromatic heterocycles. The maximum absolute atomic E-state index is 3.58. The van der Waals surface area contributed by atoms with Gasteiger partial charge in [-0.05, 0) is 6.42 Å². The van der Waals surface area contributed by atoms with Gasteiger partial charge in [-0.15, -0.1) is 0 Å². The van der Waals surface area contributed by atoms with Crippen molar-refractivity contribution < 1.29 is 0 Å². The van der Waals surface area contributed by atoms with Crippen LogP contribution in [0.4, 0.5) is 0 Å². The van der Waals surface area contributed by atoms with E-state index in [1.807, 2.05) is 0 Å². The third kappa shape index (κ3) is 4.60. The molecule has 0 rings (SSSR count). The molecule has 0 heterocycles. The van der Waals surface area contributed by atoms with Crippen LogP contribution in [0.5, 0.6) is 0 Å².